The van der Waals surface area contributed by atoms with Gasteiger partial charge in [0.25, 0.3) is 0 Å². The van der Waals surface area contributed by atoms with Gasteiger partial charge in [-0.25, -0.2) is 4.79 Å². The molecule has 0 radical (unpaired) electrons. The zero-order valence-corrected chi connectivity index (χ0v) is 19.5. The van der Waals surface area contributed by atoms with Crippen molar-refractivity contribution in [3.05, 3.63) is 12.2 Å². The van der Waals surface area contributed by atoms with Crippen LogP contribution in [0.4, 0.5) is 0 Å². The molecule has 0 amide bonds. The third-order valence-corrected chi connectivity index (χ3v) is 4.10. The van der Waals surface area contributed by atoms with E-state index in [9.17, 15) is 14.7 Å². The van der Waals surface area contributed by atoms with E-state index in [2.05, 4.69) is 6.92 Å². The predicted octanol–water partition coefficient (Wildman–Crippen LogP) is 1.32. The minimum absolute atomic E-state index is 0. The van der Waals surface area contributed by atoms with Crippen molar-refractivity contribution in [3.63, 3.8) is 0 Å². The second-order valence-corrected chi connectivity index (χ2v) is 6.42. The summed E-state index contributed by atoms with van der Waals surface area (Å²) in [6.07, 6.45) is 19.5. The van der Waals surface area contributed by atoms with E-state index in [1.807, 2.05) is 0 Å². The summed E-state index contributed by atoms with van der Waals surface area (Å²) in [5.74, 6) is -2.00. The van der Waals surface area contributed by atoms with Crippen LogP contribution >= 0.6 is 0 Å². The van der Waals surface area contributed by atoms with Crippen molar-refractivity contribution in [2.24, 2.45) is 0 Å². The summed E-state index contributed by atoms with van der Waals surface area (Å²) in [7, 11) is 0. The van der Waals surface area contributed by atoms with Crippen molar-refractivity contribution in [3.8, 4) is 0 Å². The smallest absolute Gasteiger partial charge is 0.545 e. The molecule has 0 N–H and O–H groups in total. The monoisotopic (exact) mass is 378 g/mol. The summed E-state index contributed by atoms with van der Waals surface area (Å²) in [6.45, 7) is 2.61. The summed E-state index contributed by atoms with van der Waals surface area (Å²) in [6, 6.07) is 0. The molecule has 0 fully saturated rings. The first kappa shape index (κ1) is 27.5. The number of esters is 1. The molecule has 0 aliphatic carbocycles. The zero-order valence-electron chi connectivity index (χ0n) is 16.4. The van der Waals surface area contributed by atoms with Crippen molar-refractivity contribution >= 4 is 11.9 Å². The first-order valence-electron chi connectivity index (χ1n) is 9.72. The van der Waals surface area contributed by atoms with Crippen molar-refractivity contribution in [2.45, 2.75) is 96.8 Å². The van der Waals surface area contributed by atoms with Crippen molar-refractivity contribution in [2.75, 3.05) is 6.61 Å². The van der Waals surface area contributed by atoms with E-state index in [-0.39, 0.29) is 51.4 Å². The van der Waals surface area contributed by atoms with Gasteiger partial charge in [-0.3, -0.25) is 0 Å². The van der Waals surface area contributed by atoms with Gasteiger partial charge in [0.1, 0.15) is 0 Å². The van der Waals surface area contributed by atoms with Gasteiger partial charge in [-0.1, -0.05) is 90.4 Å². The number of unbranched alkanes of at least 4 members (excludes halogenated alkanes) is 13. The fraction of sp³-hybridized carbons (Fsp3) is 0.800. The molecule has 0 bridgehead atoms. The van der Waals surface area contributed by atoms with Gasteiger partial charge >= 0.3 is 57.4 Å². The summed E-state index contributed by atoms with van der Waals surface area (Å²) >= 11 is 0. The van der Waals surface area contributed by atoms with E-state index in [0.717, 1.165) is 18.9 Å². The molecular weight excluding hydrogens is 343 g/mol. The number of ether oxygens (including phenoxy) is 1. The Morgan fingerprint density at radius 2 is 1.12 bits per heavy atom. The average Bonchev–Trinajstić information content (AvgIpc) is 2.56. The number of carboxylic acids is 1. The van der Waals surface area contributed by atoms with E-state index in [1.165, 1.54) is 77.0 Å². The Balaban J connectivity index is 0. The maximum absolute atomic E-state index is 11.1. The van der Waals surface area contributed by atoms with E-state index < -0.39 is 11.9 Å². The van der Waals surface area contributed by atoms with Gasteiger partial charge in [-0.05, 0) is 12.5 Å². The number of hydrogen-bond donors (Lipinski definition) is 0. The van der Waals surface area contributed by atoms with Crippen molar-refractivity contribution in [1.82, 2.24) is 0 Å². The minimum atomic E-state index is -1.39. The van der Waals surface area contributed by atoms with E-state index in [4.69, 9.17) is 4.74 Å². The van der Waals surface area contributed by atoms with Gasteiger partial charge in [-0.15, -0.1) is 0 Å². The second-order valence-electron chi connectivity index (χ2n) is 6.42. The summed E-state index contributed by atoms with van der Waals surface area (Å²) in [5, 5.41) is 10.1. The molecule has 0 aliphatic heterocycles. The summed E-state index contributed by atoms with van der Waals surface area (Å²) < 4.78 is 4.88. The molecular formula is C20H35KO4. The largest absolute Gasteiger partial charge is 1.00 e. The molecule has 0 aromatic carbocycles. The van der Waals surface area contributed by atoms with Crippen LogP contribution < -0.4 is 56.5 Å². The second kappa shape index (κ2) is 22.4. The number of carbonyl (C=O) groups is 2. The molecule has 0 spiro atoms. The van der Waals surface area contributed by atoms with E-state index in [1.54, 1.807) is 0 Å². The molecule has 0 aromatic heterocycles. The van der Waals surface area contributed by atoms with Crippen molar-refractivity contribution < 1.29 is 70.8 Å². The molecule has 0 saturated heterocycles. The van der Waals surface area contributed by atoms with Crippen LogP contribution in [0.2, 0.25) is 0 Å². The predicted molar refractivity (Wildman–Crippen MR) is 95.4 cm³/mol. The van der Waals surface area contributed by atoms with Gasteiger partial charge in [0, 0.05) is 6.08 Å². The van der Waals surface area contributed by atoms with Gasteiger partial charge in [0.05, 0.1) is 12.6 Å². The Morgan fingerprint density at radius 3 is 1.52 bits per heavy atom. The van der Waals surface area contributed by atoms with Crippen LogP contribution in [-0.4, -0.2) is 18.5 Å². The Bertz CT molecular complexity index is 343. The minimum Gasteiger partial charge on any atom is -0.545 e. The van der Waals surface area contributed by atoms with Crippen LogP contribution in [0.1, 0.15) is 96.8 Å². The van der Waals surface area contributed by atoms with Gasteiger partial charge in [-0.2, -0.15) is 0 Å². The SMILES string of the molecule is CCCCCCCCCCCCCCCCOC(=O)/C=C/C(=O)[O-].[K+]. The first-order valence-corrected chi connectivity index (χ1v) is 9.72. The third-order valence-electron chi connectivity index (χ3n) is 4.10. The number of rotatable bonds is 17. The molecule has 0 aliphatic rings. The molecule has 0 atom stereocenters. The first-order chi connectivity index (χ1) is 11.7. The van der Waals surface area contributed by atoms with E-state index in [0.29, 0.717) is 12.7 Å². The van der Waals surface area contributed by atoms with Gasteiger partial charge < -0.3 is 14.6 Å². The normalized spacial score (nSPS) is 10.6. The number of aliphatic carboxylic acids is 1. The molecule has 0 unspecified atom stereocenters. The molecule has 0 saturated carbocycles. The van der Waals surface area contributed by atoms with Crippen LogP contribution in [0.15, 0.2) is 12.2 Å². The van der Waals surface area contributed by atoms with Crippen molar-refractivity contribution in [1.29, 1.82) is 0 Å². The number of carbonyl (C=O) groups excluding carboxylic acids is 2. The molecule has 0 heterocycles. The standard InChI is InChI=1S/C20H36O4.K/c1-2-3-4-5-6-7-8-9-10-11-12-13-14-15-18-24-20(23)17-16-19(21)22;/h16-17H,2-15,18H2,1H3,(H,21,22);/q;+1/p-1/b17-16+;. The molecule has 5 heteroatoms. The fourth-order valence-electron chi connectivity index (χ4n) is 2.65. The van der Waals surface area contributed by atoms with Crippen LogP contribution in [0.25, 0.3) is 0 Å². The quantitative estimate of drug-likeness (QED) is 0.166. The van der Waals surface area contributed by atoms with Crippen LogP contribution in [-0.2, 0) is 14.3 Å². The van der Waals surface area contributed by atoms with Gasteiger partial charge in [0.15, 0.2) is 0 Å². The molecule has 4 nitrogen and oxygen atoms in total. The van der Waals surface area contributed by atoms with Crippen LogP contribution in [0, 0.1) is 0 Å². The van der Waals surface area contributed by atoms with Crippen LogP contribution in [0.3, 0.4) is 0 Å². The topological polar surface area (TPSA) is 66.4 Å². The molecule has 0 aromatic rings. The Morgan fingerprint density at radius 1 is 0.720 bits per heavy atom. The summed E-state index contributed by atoms with van der Waals surface area (Å²) in [5.41, 5.74) is 0. The fourth-order valence-corrected chi connectivity index (χ4v) is 2.65. The number of hydrogen-bond acceptors (Lipinski definition) is 4. The Hall–Kier alpha value is 0.316. The van der Waals surface area contributed by atoms with E-state index >= 15 is 0 Å². The molecule has 25 heavy (non-hydrogen) atoms. The Labute approximate surface area is 196 Å². The van der Waals surface area contributed by atoms with Crippen LogP contribution in [0.5, 0.6) is 0 Å². The average molecular weight is 379 g/mol. The summed E-state index contributed by atoms with van der Waals surface area (Å²) in [4.78, 5) is 21.2. The number of carboxylic acid groups (broad SMARTS) is 1. The zero-order chi connectivity index (χ0) is 17.9. The van der Waals surface area contributed by atoms with Gasteiger partial charge in [0.2, 0.25) is 0 Å². The maximum atomic E-state index is 11.1. The Kier molecular flexibility index (Phi) is 24.6. The maximum Gasteiger partial charge on any atom is 1.00 e. The molecule has 0 rings (SSSR count). The third kappa shape index (κ3) is 24.3. The molecule has 140 valence electrons.